The van der Waals surface area contributed by atoms with Crippen LogP contribution in [0.15, 0.2) is 46.8 Å². The molecular weight excluding hydrogens is 715 g/mol. The average molecular weight is 745 g/mol. The minimum Gasteiger partial charge on any atom is -0.735 e. The van der Waals surface area contributed by atoms with Gasteiger partial charge in [0.25, 0.3) is 11.6 Å². The van der Waals surface area contributed by atoms with Gasteiger partial charge < -0.3 is 34.6 Å². The number of carboxylic acids is 1. The Balaban J connectivity index is 0.00000400. The van der Waals surface area contributed by atoms with Crippen molar-refractivity contribution >= 4 is 57.7 Å². The first-order chi connectivity index (χ1) is 21.6. The molecule has 0 saturated carbocycles. The molecule has 1 saturated heterocycles. The van der Waals surface area contributed by atoms with E-state index in [2.05, 4.69) is 31.3 Å². The first kappa shape index (κ1) is 42.4. The zero-order chi connectivity index (χ0) is 33.9. The van der Waals surface area contributed by atoms with Gasteiger partial charge in [0.05, 0.1) is 11.7 Å². The van der Waals surface area contributed by atoms with Crippen molar-refractivity contribution in [2.45, 2.75) is 60.3 Å². The van der Waals surface area contributed by atoms with Gasteiger partial charge in [0.15, 0.2) is 10.3 Å². The Kier molecular flexibility index (Phi) is 15.4. The molecule has 23 heteroatoms. The van der Waals surface area contributed by atoms with Gasteiger partial charge in [0, 0.05) is 24.7 Å². The van der Waals surface area contributed by atoms with E-state index < -0.39 is 67.9 Å². The summed E-state index contributed by atoms with van der Waals surface area (Å²) in [4.78, 5) is 53.5. The van der Waals surface area contributed by atoms with Crippen LogP contribution in [-0.4, -0.2) is 104 Å². The van der Waals surface area contributed by atoms with E-state index >= 15 is 0 Å². The van der Waals surface area contributed by atoms with Crippen LogP contribution in [0.1, 0.15) is 38.8 Å². The third-order valence-corrected chi connectivity index (χ3v) is 9.67. The molecule has 250 valence electrons. The van der Waals surface area contributed by atoms with Crippen LogP contribution in [0.3, 0.4) is 0 Å². The van der Waals surface area contributed by atoms with Crippen molar-refractivity contribution in [3.8, 4) is 0 Å². The Morgan fingerprint density at radius 2 is 1.90 bits per heavy atom. The number of hydrogen-bond donors (Lipinski definition) is 4. The summed E-state index contributed by atoms with van der Waals surface area (Å²) in [6, 6.07) is 6.85. The first-order valence-corrected chi connectivity index (χ1v) is 16.8. The number of methoxy groups -OCH3 is 1. The second-order valence-electron chi connectivity index (χ2n) is 10.9. The smallest absolute Gasteiger partial charge is 0.735 e. The van der Waals surface area contributed by atoms with Gasteiger partial charge in [-0.25, -0.2) is 17.9 Å². The van der Waals surface area contributed by atoms with Gasteiger partial charge in [-0.1, -0.05) is 42.1 Å². The van der Waals surface area contributed by atoms with Crippen LogP contribution in [0.4, 0.5) is 4.79 Å². The van der Waals surface area contributed by atoms with Gasteiger partial charge in [0.1, 0.15) is 17.0 Å². The number of thioether (sulfide) groups is 2. The molecule has 4 rings (SSSR count). The number of nitrogens with one attached hydrogen (secondary N) is 4. The van der Waals surface area contributed by atoms with E-state index in [9.17, 15) is 37.3 Å². The SMILES string of the molecule is CO[C@@]1(NC(=O)C(NC(=O)OC(C)(C)C)c2ccccc2)C(=O)N2C(C(=O)[O-])=C(C(CCNS(=O)(=O)[O-])Sc3nn[nH]n3)CS[C@H]21.[Na+].[Na+]. The van der Waals surface area contributed by atoms with E-state index in [1.165, 1.54) is 0 Å². The Morgan fingerprint density at radius 1 is 1.23 bits per heavy atom. The molecule has 0 aliphatic carbocycles. The molecule has 2 aliphatic heterocycles. The summed E-state index contributed by atoms with van der Waals surface area (Å²) in [6.45, 7) is 4.58. The van der Waals surface area contributed by atoms with Crippen LogP contribution in [0.5, 0.6) is 0 Å². The van der Waals surface area contributed by atoms with Gasteiger partial charge in [-0.15, -0.1) is 22.0 Å². The second-order valence-corrected chi connectivity index (χ2v) is 14.3. The number of aliphatic carboxylic acids is 1. The van der Waals surface area contributed by atoms with Gasteiger partial charge in [0.2, 0.25) is 11.1 Å². The fourth-order valence-corrected chi connectivity index (χ4v) is 7.71. The Morgan fingerprint density at radius 3 is 2.44 bits per heavy atom. The fraction of sp³-hybridized carbons (Fsp3) is 0.480. The largest absolute Gasteiger partial charge is 1.00 e. The number of hydrogen-bond acceptors (Lipinski definition) is 15. The number of ether oxygens (including phenoxy) is 2. The van der Waals surface area contributed by atoms with Crippen LogP contribution < -0.4 is 79.6 Å². The quantitative estimate of drug-likeness (QED) is 0.0488. The molecule has 4 N–H and O–H groups in total. The molecule has 2 aliphatic rings. The number of carbonyl (C=O) groups is 4. The maximum atomic E-state index is 13.8. The van der Waals surface area contributed by atoms with Gasteiger partial charge in [-0.2, -0.15) is 5.21 Å². The van der Waals surface area contributed by atoms with E-state index in [-0.39, 0.29) is 88.6 Å². The van der Waals surface area contributed by atoms with Crippen molar-refractivity contribution in [2.24, 2.45) is 0 Å². The summed E-state index contributed by atoms with van der Waals surface area (Å²) in [5, 5.41) is 29.1. The number of H-pyrrole nitrogens is 1. The third-order valence-electron chi connectivity index (χ3n) is 6.59. The normalized spacial score (nSPS) is 20.2. The van der Waals surface area contributed by atoms with Gasteiger partial charge >= 0.3 is 65.2 Å². The molecule has 0 spiro atoms. The molecular formula is C25H30N8Na2O10S3. The van der Waals surface area contributed by atoms with Gasteiger partial charge in [-0.05, 0) is 43.5 Å². The monoisotopic (exact) mass is 744 g/mol. The predicted octanol–water partition coefficient (Wildman–Crippen LogP) is -7.25. The second kappa shape index (κ2) is 17.4. The molecule has 18 nitrogen and oxygen atoms in total. The molecule has 2 unspecified atom stereocenters. The molecule has 1 aromatic carbocycles. The predicted molar refractivity (Wildman–Crippen MR) is 158 cm³/mol. The molecule has 0 radical (unpaired) electrons. The summed E-state index contributed by atoms with van der Waals surface area (Å²) in [5.74, 6) is -3.55. The average Bonchev–Trinajstić information content (AvgIpc) is 3.49. The Hall–Kier alpha value is -1.76. The number of aromatic nitrogens is 4. The van der Waals surface area contributed by atoms with Gasteiger partial charge in [-0.3, -0.25) is 14.5 Å². The number of tetrazole rings is 1. The van der Waals surface area contributed by atoms with Crippen LogP contribution in [0.25, 0.3) is 0 Å². The maximum absolute atomic E-state index is 13.8. The number of alkyl carbamates (subject to hydrolysis) is 1. The van der Waals surface area contributed by atoms with E-state index in [4.69, 9.17) is 9.47 Å². The first-order valence-electron chi connectivity index (χ1n) is 13.5. The summed E-state index contributed by atoms with van der Waals surface area (Å²) in [6.07, 6.45) is -0.991. The number of aromatic amines is 1. The minimum absolute atomic E-state index is 0. The number of fused-ring (bicyclic) bond motifs is 1. The van der Waals surface area contributed by atoms with Crippen LogP contribution in [-0.2, 0) is 34.2 Å². The van der Waals surface area contributed by atoms with Crippen LogP contribution in [0, 0.1) is 0 Å². The zero-order valence-corrected chi connectivity index (χ0v) is 33.3. The van der Waals surface area contributed by atoms with Crippen molar-refractivity contribution in [2.75, 3.05) is 19.4 Å². The molecule has 3 amide bonds. The number of benzene rings is 1. The van der Waals surface area contributed by atoms with Crippen molar-refractivity contribution in [3.05, 3.63) is 47.2 Å². The molecule has 1 fully saturated rings. The molecule has 0 bridgehead atoms. The number of carboxylic acid groups (broad SMARTS) is 1. The van der Waals surface area contributed by atoms with Crippen molar-refractivity contribution in [3.63, 3.8) is 0 Å². The Labute approximate surface area is 328 Å². The summed E-state index contributed by atoms with van der Waals surface area (Å²) < 4.78 is 46.0. The zero-order valence-electron chi connectivity index (χ0n) is 26.8. The standard InChI is InChI=1S/C25H32N8O10S3.2Na/c1-24(2,3)43-23(38)27-16(13-8-6-5-7-9-13)18(34)28-25(42-4)20(37)33-17(19(35)36)14(12-44-21(25)33)15(10-11-26-46(39,40)41)45-22-29-31-32-30-22;;/h5-9,15-16,21,26H,10-12H2,1-4H3,(H,27,38)(H,28,34)(H,35,36)(H,39,40,41)(H,29,30,31,32);;/q;2*+1/p-2/t15?,16?,21-,25-;;/m0../s1. The van der Waals surface area contributed by atoms with Crippen molar-refractivity contribution in [1.82, 2.24) is 40.9 Å². The number of rotatable bonds is 13. The van der Waals surface area contributed by atoms with E-state index in [0.29, 0.717) is 5.56 Å². The van der Waals surface area contributed by atoms with Crippen molar-refractivity contribution in [1.29, 1.82) is 0 Å². The Bertz CT molecular complexity index is 1610. The van der Waals surface area contributed by atoms with Crippen molar-refractivity contribution < 1.29 is 106 Å². The van der Waals surface area contributed by atoms with E-state index in [1.807, 2.05) is 4.72 Å². The molecule has 2 aromatic rings. The fourth-order valence-electron chi connectivity index (χ4n) is 4.71. The molecule has 4 atom stereocenters. The van der Waals surface area contributed by atoms with E-state index in [1.54, 1.807) is 51.1 Å². The number of carbonyl (C=O) groups excluding carboxylic acids is 4. The molecule has 3 heterocycles. The van der Waals surface area contributed by atoms with Crippen LogP contribution in [0.2, 0.25) is 0 Å². The summed E-state index contributed by atoms with van der Waals surface area (Å²) >= 11 is 1.98. The summed E-state index contributed by atoms with van der Waals surface area (Å²) in [5.41, 5.74) is -2.91. The minimum atomic E-state index is -4.80. The third kappa shape index (κ3) is 10.2. The topological polar surface area (TPSA) is 261 Å². The van der Waals surface area contributed by atoms with Crippen LogP contribution >= 0.6 is 23.5 Å². The van der Waals surface area contributed by atoms with E-state index in [0.717, 1.165) is 35.5 Å². The molecule has 48 heavy (non-hydrogen) atoms. The molecule has 1 aromatic heterocycles. The number of β-lactam (4-membered cyclic amide) rings is 1. The number of amides is 3. The maximum Gasteiger partial charge on any atom is 1.00 e. The number of nitrogens with zero attached hydrogens (tertiary/aromatic N) is 4. The summed E-state index contributed by atoms with van der Waals surface area (Å²) in [7, 11) is -3.63.